The van der Waals surface area contributed by atoms with Gasteiger partial charge in [-0.3, -0.25) is 9.59 Å². The Morgan fingerprint density at radius 2 is 1.54 bits per heavy atom. The summed E-state index contributed by atoms with van der Waals surface area (Å²) in [5.74, 6) is 0.981. The maximum atomic E-state index is 12.9. The van der Waals surface area contributed by atoms with E-state index in [-0.39, 0.29) is 17.8 Å². The van der Waals surface area contributed by atoms with Gasteiger partial charge in [0.05, 0.1) is 0 Å². The monoisotopic (exact) mass is 390 g/mol. The lowest BCUT2D eigenvalue weighted by atomic mass is 9.40. The molecule has 4 aliphatic rings. The van der Waals surface area contributed by atoms with Crippen molar-refractivity contribution in [3.8, 4) is 0 Å². The third kappa shape index (κ3) is 2.58. The van der Waals surface area contributed by atoms with Gasteiger partial charge in [-0.2, -0.15) is 0 Å². The van der Waals surface area contributed by atoms with Gasteiger partial charge in [0, 0.05) is 12.3 Å². The number of ketones is 1. The van der Waals surface area contributed by atoms with Crippen molar-refractivity contribution in [3.63, 3.8) is 0 Å². The average Bonchev–Trinajstić information content (AvgIpc) is 2.92. The fraction of sp³-hybridized carbons (Fsp3) is 0.917. The van der Waals surface area contributed by atoms with Crippen LogP contribution in [0.5, 0.6) is 0 Å². The predicted octanol–water partition coefficient (Wildman–Crippen LogP) is 4.67. The van der Waals surface area contributed by atoms with Crippen molar-refractivity contribution in [1.29, 1.82) is 0 Å². The zero-order chi connectivity index (χ0) is 20.4. The third-order valence-corrected chi connectivity index (χ3v) is 10.4. The van der Waals surface area contributed by atoms with Gasteiger partial charge in [0.2, 0.25) is 5.78 Å². The van der Waals surface area contributed by atoms with E-state index in [0.717, 1.165) is 25.2 Å². The Balaban J connectivity index is 1.60. The molecule has 4 nitrogen and oxygen atoms in total. The normalized spacial score (nSPS) is 50.2. The molecule has 0 heterocycles. The van der Waals surface area contributed by atoms with Gasteiger partial charge in [0.15, 0.2) is 6.61 Å². The molecule has 0 aromatic carbocycles. The fourth-order valence-electron chi connectivity index (χ4n) is 8.37. The Kier molecular flexibility index (Phi) is 4.77. The van der Waals surface area contributed by atoms with Gasteiger partial charge in [0.1, 0.15) is 5.60 Å². The topological polar surface area (TPSA) is 63.6 Å². The first-order chi connectivity index (χ1) is 13.1. The van der Waals surface area contributed by atoms with Crippen LogP contribution in [0.4, 0.5) is 0 Å². The van der Waals surface area contributed by atoms with Gasteiger partial charge in [-0.15, -0.1) is 0 Å². The number of rotatable bonds is 3. The molecule has 4 saturated carbocycles. The van der Waals surface area contributed by atoms with E-state index in [1.54, 1.807) is 0 Å². The molecule has 4 rings (SSSR count). The third-order valence-electron chi connectivity index (χ3n) is 10.4. The molecule has 0 aromatic heterocycles. The molecule has 0 unspecified atom stereocenters. The summed E-state index contributed by atoms with van der Waals surface area (Å²) >= 11 is 0. The summed E-state index contributed by atoms with van der Waals surface area (Å²) in [6.07, 6.45) is 11.4. The van der Waals surface area contributed by atoms with Crippen molar-refractivity contribution >= 4 is 11.8 Å². The summed E-state index contributed by atoms with van der Waals surface area (Å²) < 4.78 is 4.96. The largest absolute Gasteiger partial charge is 0.458 e. The fourth-order valence-corrected chi connectivity index (χ4v) is 8.37. The van der Waals surface area contributed by atoms with Crippen LogP contribution in [-0.2, 0) is 14.3 Å². The SMILES string of the molecule is CC(=O)OCC(=O)[C@@]1(O)CC[C@H]2[C@H]3CC[C@@]4(C)CCCC[C@]4(C)[C@@H]3CC[C@@]21C. The lowest BCUT2D eigenvalue weighted by molar-refractivity contribution is -0.184. The van der Waals surface area contributed by atoms with Crippen molar-refractivity contribution in [2.24, 2.45) is 34.0 Å². The summed E-state index contributed by atoms with van der Waals surface area (Å²) in [4.78, 5) is 24.1. The van der Waals surface area contributed by atoms with Crippen LogP contribution in [0.15, 0.2) is 0 Å². The van der Waals surface area contributed by atoms with E-state index in [0.29, 0.717) is 29.1 Å². The number of esters is 1. The summed E-state index contributed by atoms with van der Waals surface area (Å²) in [5, 5.41) is 11.5. The van der Waals surface area contributed by atoms with E-state index < -0.39 is 11.6 Å². The van der Waals surface area contributed by atoms with Gasteiger partial charge >= 0.3 is 5.97 Å². The van der Waals surface area contributed by atoms with Crippen molar-refractivity contribution in [1.82, 2.24) is 0 Å². The Morgan fingerprint density at radius 3 is 2.25 bits per heavy atom. The highest BCUT2D eigenvalue weighted by atomic mass is 16.5. The second-order valence-electron chi connectivity index (χ2n) is 11.2. The van der Waals surface area contributed by atoms with E-state index in [1.807, 2.05) is 0 Å². The highest BCUT2D eigenvalue weighted by molar-refractivity contribution is 5.90. The van der Waals surface area contributed by atoms with E-state index in [1.165, 1.54) is 45.4 Å². The van der Waals surface area contributed by atoms with Crippen molar-refractivity contribution < 1.29 is 19.4 Å². The minimum atomic E-state index is -1.34. The lowest BCUT2D eigenvalue weighted by Gasteiger charge is -2.65. The molecule has 0 amide bonds. The minimum Gasteiger partial charge on any atom is -0.458 e. The van der Waals surface area contributed by atoms with Crippen LogP contribution in [0.3, 0.4) is 0 Å². The van der Waals surface area contributed by atoms with Crippen LogP contribution in [0.1, 0.15) is 91.9 Å². The Hall–Kier alpha value is -0.900. The number of carbonyl (C=O) groups excluding carboxylic acids is 2. The maximum Gasteiger partial charge on any atom is 0.303 e. The van der Waals surface area contributed by atoms with E-state index >= 15 is 0 Å². The number of Topliss-reactive ketones (excluding diaryl/α,β-unsaturated/α-hetero) is 1. The molecule has 28 heavy (non-hydrogen) atoms. The molecule has 0 radical (unpaired) electrons. The second-order valence-corrected chi connectivity index (χ2v) is 11.2. The Labute approximate surface area is 169 Å². The highest BCUT2D eigenvalue weighted by Crippen LogP contribution is 2.71. The molecule has 0 bridgehead atoms. The molecule has 158 valence electrons. The first-order valence-electron chi connectivity index (χ1n) is 11.5. The molecule has 1 N–H and O–H groups in total. The maximum absolute atomic E-state index is 12.9. The Bertz CT molecular complexity index is 674. The quantitative estimate of drug-likeness (QED) is 0.711. The summed E-state index contributed by atoms with van der Waals surface area (Å²) in [6.45, 7) is 8.25. The number of aliphatic hydroxyl groups is 1. The van der Waals surface area contributed by atoms with Gasteiger partial charge in [0.25, 0.3) is 0 Å². The van der Waals surface area contributed by atoms with E-state index in [9.17, 15) is 14.7 Å². The molecule has 0 spiro atoms. The highest BCUT2D eigenvalue weighted by Gasteiger charge is 2.67. The average molecular weight is 391 g/mol. The van der Waals surface area contributed by atoms with Gasteiger partial charge in [-0.25, -0.2) is 0 Å². The number of fused-ring (bicyclic) bond motifs is 5. The van der Waals surface area contributed by atoms with Gasteiger partial charge in [-0.1, -0.05) is 33.6 Å². The second kappa shape index (κ2) is 6.55. The first kappa shape index (κ1) is 20.4. The summed E-state index contributed by atoms with van der Waals surface area (Å²) in [7, 11) is 0. The number of carbonyl (C=O) groups is 2. The number of hydrogen-bond donors (Lipinski definition) is 1. The number of ether oxygens (including phenoxy) is 1. The first-order valence-corrected chi connectivity index (χ1v) is 11.5. The molecule has 4 aliphatic carbocycles. The van der Waals surface area contributed by atoms with Crippen LogP contribution in [0, 0.1) is 34.0 Å². The predicted molar refractivity (Wildman–Crippen MR) is 108 cm³/mol. The summed E-state index contributed by atoms with van der Waals surface area (Å²) in [6, 6.07) is 0. The van der Waals surface area contributed by atoms with Crippen LogP contribution in [0.25, 0.3) is 0 Å². The molecule has 4 fully saturated rings. The number of hydrogen-bond acceptors (Lipinski definition) is 4. The zero-order valence-electron chi connectivity index (χ0n) is 18.2. The molecular formula is C24H38O4. The van der Waals surface area contributed by atoms with Crippen molar-refractivity contribution in [2.45, 2.75) is 97.5 Å². The van der Waals surface area contributed by atoms with Gasteiger partial charge in [-0.05, 0) is 80.0 Å². The molecule has 0 aliphatic heterocycles. The standard InChI is InChI=1S/C24H38O4/c1-16(25)28-15-20(26)24(27)14-9-19-17-7-12-21(2)10-5-6-11-22(21,3)18(17)8-13-23(19,24)4/h17-19,27H,5-15H2,1-4H3/t17-,18+,19-,21+,22+,23-,24-/m0/s1. The molecule has 7 atom stereocenters. The molecule has 0 aromatic rings. The minimum absolute atomic E-state index is 0.294. The van der Waals surface area contributed by atoms with Crippen LogP contribution < -0.4 is 0 Å². The van der Waals surface area contributed by atoms with E-state index in [4.69, 9.17) is 4.74 Å². The zero-order valence-corrected chi connectivity index (χ0v) is 18.2. The van der Waals surface area contributed by atoms with Gasteiger partial charge < -0.3 is 9.84 Å². The van der Waals surface area contributed by atoms with Crippen LogP contribution in [0.2, 0.25) is 0 Å². The lowest BCUT2D eigenvalue weighted by Crippen LogP contribution is -2.60. The molecule has 4 heteroatoms. The summed E-state index contributed by atoms with van der Waals surface area (Å²) in [5.41, 5.74) is -0.866. The smallest absolute Gasteiger partial charge is 0.303 e. The van der Waals surface area contributed by atoms with E-state index in [2.05, 4.69) is 20.8 Å². The van der Waals surface area contributed by atoms with Crippen molar-refractivity contribution in [2.75, 3.05) is 6.61 Å². The van der Waals surface area contributed by atoms with Crippen LogP contribution >= 0.6 is 0 Å². The Morgan fingerprint density at radius 1 is 0.893 bits per heavy atom. The molecule has 0 saturated heterocycles. The van der Waals surface area contributed by atoms with Crippen molar-refractivity contribution in [3.05, 3.63) is 0 Å². The molecular weight excluding hydrogens is 352 g/mol. The van der Waals surface area contributed by atoms with Crippen LogP contribution in [-0.4, -0.2) is 29.1 Å².